The molecule has 2 heterocycles. The van der Waals surface area contributed by atoms with Crippen molar-refractivity contribution in [2.24, 2.45) is 0 Å². The van der Waals surface area contributed by atoms with Gasteiger partial charge in [-0.3, -0.25) is 0 Å². The Labute approximate surface area is 153 Å². The van der Waals surface area contributed by atoms with Crippen LogP contribution in [-0.4, -0.2) is 19.8 Å². The average molecular weight is 368 g/mol. The molecule has 0 N–H and O–H groups in total. The Kier molecular flexibility index (Phi) is 4.67. The van der Waals surface area contributed by atoms with Gasteiger partial charge in [0.05, 0.1) is 5.75 Å². The van der Waals surface area contributed by atoms with Gasteiger partial charge in [0, 0.05) is 4.90 Å². The van der Waals surface area contributed by atoms with E-state index in [0.29, 0.717) is 0 Å². The van der Waals surface area contributed by atoms with E-state index in [2.05, 4.69) is 27.4 Å². The van der Waals surface area contributed by atoms with E-state index in [1.165, 1.54) is 16.2 Å². The van der Waals surface area contributed by atoms with E-state index in [1.54, 1.807) is 11.8 Å². The maximum atomic E-state index is 5.95. The molecule has 25 heavy (non-hydrogen) atoms. The molecule has 0 amide bonds. The first-order valence-corrected chi connectivity index (χ1v) is 9.70. The third-order valence-electron chi connectivity index (χ3n) is 3.59. The molecule has 0 radical (unpaired) electrons. The molecular formula is C18H16N4OS2. The maximum absolute atomic E-state index is 5.95. The molecule has 0 aliphatic heterocycles. The monoisotopic (exact) mass is 368 g/mol. The number of aromatic nitrogens is 4. The minimum atomic E-state index is -0.135. The number of benzene rings is 2. The van der Waals surface area contributed by atoms with Gasteiger partial charge in [0.1, 0.15) is 11.9 Å². The third kappa shape index (κ3) is 3.67. The number of thioether (sulfide) groups is 1. The van der Waals surface area contributed by atoms with Gasteiger partial charge in [-0.15, -0.1) is 22.0 Å². The maximum Gasteiger partial charge on any atom is 0.234 e. The second-order valence-corrected chi connectivity index (χ2v) is 7.46. The topological polar surface area (TPSA) is 52.3 Å². The molecule has 0 aliphatic carbocycles. The summed E-state index contributed by atoms with van der Waals surface area (Å²) in [6.45, 7) is 2.00. The van der Waals surface area contributed by atoms with Crippen LogP contribution in [0.15, 0.2) is 65.6 Å². The molecule has 7 heteroatoms. The summed E-state index contributed by atoms with van der Waals surface area (Å²) in [5.41, 5.74) is 0. The lowest BCUT2D eigenvalue weighted by atomic mass is 10.3. The van der Waals surface area contributed by atoms with Gasteiger partial charge in [-0.1, -0.05) is 47.7 Å². The van der Waals surface area contributed by atoms with Gasteiger partial charge in [0.15, 0.2) is 10.8 Å². The number of fused-ring (bicyclic) bond motifs is 1. The van der Waals surface area contributed by atoms with Crippen molar-refractivity contribution in [1.29, 1.82) is 0 Å². The number of hydrogen-bond donors (Lipinski definition) is 0. The number of rotatable bonds is 6. The van der Waals surface area contributed by atoms with Crippen LogP contribution < -0.4 is 4.74 Å². The fourth-order valence-electron chi connectivity index (χ4n) is 2.34. The predicted molar refractivity (Wildman–Crippen MR) is 100 cm³/mol. The van der Waals surface area contributed by atoms with Gasteiger partial charge < -0.3 is 4.74 Å². The Bertz CT molecular complexity index is 953. The lowest BCUT2D eigenvalue weighted by Gasteiger charge is -2.11. The number of para-hydroxylation sites is 1. The fourth-order valence-corrected chi connectivity index (χ4v) is 4.01. The Morgan fingerprint density at radius 1 is 1.04 bits per heavy atom. The van der Waals surface area contributed by atoms with Crippen molar-refractivity contribution >= 4 is 28.1 Å². The highest BCUT2D eigenvalue weighted by molar-refractivity contribution is 7.98. The van der Waals surface area contributed by atoms with Crippen LogP contribution in [0.25, 0.3) is 4.96 Å². The summed E-state index contributed by atoms with van der Waals surface area (Å²) < 4.78 is 7.77. The van der Waals surface area contributed by atoms with Crippen LogP contribution in [0.2, 0.25) is 0 Å². The molecule has 0 spiro atoms. The molecule has 4 aromatic rings. The zero-order valence-corrected chi connectivity index (χ0v) is 15.2. The molecule has 0 aliphatic rings. The molecule has 5 nitrogen and oxygen atoms in total. The van der Waals surface area contributed by atoms with Gasteiger partial charge in [0.25, 0.3) is 0 Å². The van der Waals surface area contributed by atoms with Crippen molar-refractivity contribution in [3.63, 3.8) is 0 Å². The van der Waals surface area contributed by atoms with Gasteiger partial charge in [0.2, 0.25) is 4.96 Å². The molecule has 1 atom stereocenters. The van der Waals surface area contributed by atoms with E-state index in [4.69, 9.17) is 4.74 Å². The third-order valence-corrected chi connectivity index (χ3v) is 5.65. The van der Waals surface area contributed by atoms with Crippen LogP contribution >= 0.6 is 23.1 Å². The van der Waals surface area contributed by atoms with E-state index in [-0.39, 0.29) is 6.10 Å². The normalized spacial score (nSPS) is 12.4. The summed E-state index contributed by atoms with van der Waals surface area (Å²) in [7, 11) is 0. The second kappa shape index (κ2) is 7.25. The summed E-state index contributed by atoms with van der Waals surface area (Å²) >= 11 is 3.23. The first kappa shape index (κ1) is 16.1. The number of ether oxygens (including phenoxy) is 1. The molecule has 4 rings (SSSR count). The Balaban J connectivity index is 1.50. The summed E-state index contributed by atoms with van der Waals surface area (Å²) in [5, 5.41) is 14.0. The van der Waals surface area contributed by atoms with Crippen molar-refractivity contribution < 1.29 is 4.74 Å². The Hall–Kier alpha value is -2.38. The Morgan fingerprint density at radius 2 is 1.76 bits per heavy atom. The fraction of sp³-hybridized carbons (Fsp3) is 0.167. The highest BCUT2D eigenvalue weighted by atomic mass is 32.2. The summed E-state index contributed by atoms with van der Waals surface area (Å²) in [6.07, 6.45) is -0.135. The largest absolute Gasteiger partial charge is 0.483 e. The van der Waals surface area contributed by atoms with Gasteiger partial charge in [-0.05, 0) is 31.2 Å². The van der Waals surface area contributed by atoms with Crippen molar-refractivity contribution in [2.75, 3.05) is 0 Å². The molecule has 0 unspecified atom stereocenters. The summed E-state index contributed by atoms with van der Waals surface area (Å²) in [6, 6.07) is 20.0. The average Bonchev–Trinajstić information content (AvgIpc) is 3.23. The van der Waals surface area contributed by atoms with Crippen molar-refractivity contribution in [3.8, 4) is 5.75 Å². The van der Waals surface area contributed by atoms with Gasteiger partial charge in [-0.2, -0.15) is 9.61 Å². The smallest absolute Gasteiger partial charge is 0.234 e. The highest BCUT2D eigenvalue weighted by Crippen LogP contribution is 2.27. The predicted octanol–water partition coefficient (Wildman–Crippen LogP) is 4.62. The van der Waals surface area contributed by atoms with Crippen molar-refractivity contribution in [2.45, 2.75) is 23.7 Å². The first-order valence-electron chi connectivity index (χ1n) is 7.90. The van der Waals surface area contributed by atoms with Crippen molar-refractivity contribution in [1.82, 2.24) is 19.8 Å². The highest BCUT2D eigenvalue weighted by Gasteiger charge is 2.17. The number of hydrogen-bond acceptors (Lipinski definition) is 6. The standard InChI is InChI=1S/C18H16N4OS2/c1-13(23-14-8-4-2-5-9-14)17-21-22-16(19-20-18(22)25-17)12-24-15-10-6-3-7-11-15/h2-11,13H,12H2,1H3/t13-/m0/s1. The lowest BCUT2D eigenvalue weighted by molar-refractivity contribution is 0.225. The van der Waals surface area contributed by atoms with Crippen LogP contribution in [0, 0.1) is 0 Å². The molecule has 2 aromatic heterocycles. The van der Waals surface area contributed by atoms with Gasteiger partial charge >= 0.3 is 0 Å². The van der Waals surface area contributed by atoms with Crippen molar-refractivity contribution in [3.05, 3.63) is 71.5 Å². The van der Waals surface area contributed by atoms with Crippen LogP contribution in [-0.2, 0) is 5.75 Å². The zero-order valence-electron chi connectivity index (χ0n) is 13.6. The van der Waals surface area contributed by atoms with E-state index in [1.807, 2.05) is 60.0 Å². The van der Waals surface area contributed by atoms with Gasteiger partial charge in [-0.25, -0.2) is 0 Å². The molecule has 0 saturated carbocycles. The van der Waals surface area contributed by atoms with Crippen LogP contribution in [0.1, 0.15) is 23.9 Å². The minimum absolute atomic E-state index is 0.135. The first-order chi connectivity index (χ1) is 12.3. The quantitative estimate of drug-likeness (QED) is 0.465. The summed E-state index contributed by atoms with van der Waals surface area (Å²) in [4.78, 5) is 2.00. The van der Waals surface area contributed by atoms with Crippen LogP contribution in [0.4, 0.5) is 0 Å². The van der Waals surface area contributed by atoms with Crippen LogP contribution in [0.3, 0.4) is 0 Å². The van der Waals surface area contributed by atoms with E-state index in [0.717, 1.165) is 27.3 Å². The molecule has 0 fully saturated rings. The zero-order chi connectivity index (χ0) is 17.1. The molecule has 126 valence electrons. The Morgan fingerprint density at radius 3 is 2.52 bits per heavy atom. The summed E-state index contributed by atoms with van der Waals surface area (Å²) in [5.74, 6) is 2.40. The SMILES string of the molecule is C[C@H](Oc1ccccc1)c1nn2c(CSc3ccccc3)nnc2s1. The van der Waals surface area contributed by atoms with E-state index < -0.39 is 0 Å². The van der Waals surface area contributed by atoms with E-state index in [9.17, 15) is 0 Å². The minimum Gasteiger partial charge on any atom is -0.483 e. The number of nitrogens with zero attached hydrogens (tertiary/aromatic N) is 4. The molecule has 0 bridgehead atoms. The molecule has 0 saturated heterocycles. The lowest BCUT2D eigenvalue weighted by Crippen LogP contribution is -2.04. The molecular weight excluding hydrogens is 352 g/mol. The second-order valence-electron chi connectivity index (χ2n) is 5.43. The van der Waals surface area contributed by atoms with E-state index >= 15 is 0 Å². The van der Waals surface area contributed by atoms with Crippen LogP contribution in [0.5, 0.6) is 5.75 Å². The molecule has 2 aromatic carbocycles.